The highest BCUT2D eigenvalue weighted by molar-refractivity contribution is 7.90. The van der Waals surface area contributed by atoms with Crippen molar-refractivity contribution >= 4 is 32.8 Å². The van der Waals surface area contributed by atoms with Gasteiger partial charge in [0.1, 0.15) is 10.6 Å². The van der Waals surface area contributed by atoms with Crippen molar-refractivity contribution in [1.82, 2.24) is 0 Å². The van der Waals surface area contributed by atoms with E-state index in [4.69, 9.17) is 17.1 Å². The van der Waals surface area contributed by atoms with Gasteiger partial charge in [0.15, 0.2) is 9.84 Å². The summed E-state index contributed by atoms with van der Waals surface area (Å²) in [5.74, 6) is -0.182. The normalized spacial score (nSPS) is 14.8. The Morgan fingerprint density at radius 3 is 2.50 bits per heavy atom. The highest BCUT2D eigenvalue weighted by Crippen LogP contribution is 2.33. The molecule has 126 valence electrons. The first-order valence-corrected chi connectivity index (χ1v) is 9.80. The lowest BCUT2D eigenvalue weighted by Gasteiger charge is -2.19. The van der Waals surface area contributed by atoms with Crippen molar-refractivity contribution in [3.63, 3.8) is 0 Å². The van der Waals surface area contributed by atoms with Crippen LogP contribution in [0.3, 0.4) is 0 Å². The number of halogens is 1. The van der Waals surface area contributed by atoms with Gasteiger partial charge in [-0.1, -0.05) is 29.8 Å². The van der Waals surface area contributed by atoms with E-state index in [2.05, 4.69) is 10.0 Å². The van der Waals surface area contributed by atoms with Crippen molar-refractivity contribution < 1.29 is 13.9 Å². The highest BCUT2D eigenvalue weighted by Gasteiger charge is 2.24. The third kappa shape index (κ3) is 3.44. The van der Waals surface area contributed by atoms with E-state index in [1.54, 1.807) is 36.4 Å². The first-order chi connectivity index (χ1) is 11.5. The van der Waals surface area contributed by atoms with Crippen LogP contribution in [0.4, 0.5) is 11.4 Å². The monoisotopic (exact) mass is 364 g/mol. The fourth-order valence-electron chi connectivity index (χ4n) is 2.93. The lowest BCUT2D eigenvalue weighted by molar-refractivity contribution is -0.210. The SMILES string of the molecule is [NH2+]=Nc1ccc(N2CCCC2)cc1S(=O)(=O)Cc1ccccc1Cl. The van der Waals surface area contributed by atoms with Crippen molar-refractivity contribution in [2.24, 2.45) is 5.11 Å². The molecular weight excluding hydrogens is 346 g/mol. The van der Waals surface area contributed by atoms with Crippen molar-refractivity contribution in [2.75, 3.05) is 18.0 Å². The molecule has 0 aromatic heterocycles. The van der Waals surface area contributed by atoms with Crippen LogP contribution in [0.2, 0.25) is 5.02 Å². The van der Waals surface area contributed by atoms with E-state index in [1.807, 2.05) is 6.07 Å². The zero-order chi connectivity index (χ0) is 17.2. The standard InChI is InChI=1S/C17H18ClN3O2S/c18-15-6-2-1-5-13(15)12-24(22,23)17-11-14(7-8-16(17)20-19)21-9-3-4-10-21/h1-2,5-8,11,19H,3-4,9-10,12H2/p+1. The van der Waals surface area contributed by atoms with Crippen molar-refractivity contribution in [2.45, 2.75) is 23.5 Å². The van der Waals surface area contributed by atoms with E-state index in [1.165, 1.54) is 0 Å². The van der Waals surface area contributed by atoms with E-state index in [9.17, 15) is 8.42 Å². The summed E-state index contributed by atoms with van der Waals surface area (Å²) < 4.78 is 25.8. The predicted molar refractivity (Wildman–Crippen MR) is 94.2 cm³/mol. The molecule has 0 amide bonds. The summed E-state index contributed by atoms with van der Waals surface area (Å²) in [6, 6.07) is 12.1. The number of sulfone groups is 1. The van der Waals surface area contributed by atoms with Crippen LogP contribution in [0.1, 0.15) is 18.4 Å². The van der Waals surface area contributed by atoms with Crippen molar-refractivity contribution in [3.05, 3.63) is 53.1 Å². The topological polar surface area (TPSA) is 75.3 Å². The summed E-state index contributed by atoms with van der Waals surface area (Å²) in [6.07, 6.45) is 2.23. The van der Waals surface area contributed by atoms with Gasteiger partial charge < -0.3 is 4.90 Å². The molecule has 0 atom stereocenters. The maximum Gasteiger partial charge on any atom is 0.185 e. The molecular formula is C17H19ClN3O2S+. The number of rotatable bonds is 5. The van der Waals surface area contributed by atoms with Crippen LogP contribution in [0, 0.1) is 0 Å². The lowest BCUT2D eigenvalue weighted by atomic mass is 10.2. The summed E-state index contributed by atoms with van der Waals surface area (Å²) in [4.78, 5) is 2.32. The highest BCUT2D eigenvalue weighted by atomic mass is 35.5. The Kier molecular flexibility index (Phi) is 4.87. The number of anilines is 1. The predicted octanol–water partition coefficient (Wildman–Crippen LogP) is 2.76. The summed E-state index contributed by atoms with van der Waals surface area (Å²) in [5.41, 5.74) is 7.11. The van der Waals surface area contributed by atoms with E-state index < -0.39 is 9.84 Å². The maximum atomic E-state index is 12.9. The number of hydrogen-bond donors (Lipinski definition) is 1. The summed E-state index contributed by atoms with van der Waals surface area (Å²) >= 11 is 6.11. The molecule has 3 rings (SSSR count). The maximum absolute atomic E-state index is 12.9. The summed E-state index contributed by atoms with van der Waals surface area (Å²) in [5, 5.41) is 4.07. The average Bonchev–Trinajstić information content (AvgIpc) is 3.11. The van der Waals surface area contributed by atoms with Gasteiger partial charge in [0.25, 0.3) is 0 Å². The zero-order valence-electron chi connectivity index (χ0n) is 13.2. The van der Waals surface area contributed by atoms with E-state index in [0.717, 1.165) is 31.6 Å². The average molecular weight is 365 g/mol. The Morgan fingerprint density at radius 1 is 1.12 bits per heavy atom. The molecule has 1 aliphatic rings. The first kappa shape index (κ1) is 16.9. The van der Waals surface area contributed by atoms with Crippen molar-refractivity contribution in [3.8, 4) is 0 Å². The van der Waals surface area contributed by atoms with Gasteiger partial charge in [0.2, 0.25) is 0 Å². The second kappa shape index (κ2) is 6.91. The molecule has 2 aromatic rings. The van der Waals surface area contributed by atoms with Crippen LogP contribution < -0.4 is 10.4 Å². The van der Waals surface area contributed by atoms with E-state index in [-0.39, 0.29) is 16.3 Å². The quantitative estimate of drug-likeness (QED) is 0.829. The van der Waals surface area contributed by atoms with Gasteiger partial charge in [-0.3, -0.25) is 0 Å². The molecule has 1 heterocycles. The molecule has 24 heavy (non-hydrogen) atoms. The molecule has 0 saturated carbocycles. The second-order valence-electron chi connectivity index (χ2n) is 5.83. The Labute approximate surface area is 146 Å². The number of nitrogens with two attached hydrogens (primary N) is 1. The molecule has 0 spiro atoms. The largest absolute Gasteiger partial charge is 0.371 e. The Bertz CT molecular complexity index is 862. The molecule has 0 bridgehead atoms. The Hall–Kier alpha value is -1.92. The fourth-order valence-corrected chi connectivity index (χ4v) is 4.77. The second-order valence-corrected chi connectivity index (χ2v) is 8.19. The zero-order valence-corrected chi connectivity index (χ0v) is 14.7. The van der Waals surface area contributed by atoms with Crippen LogP contribution >= 0.6 is 11.6 Å². The number of nitrogens with zero attached hydrogens (tertiary/aromatic N) is 2. The molecule has 2 N–H and O–H groups in total. The number of hydrogen-bond acceptors (Lipinski definition) is 4. The smallest absolute Gasteiger partial charge is 0.185 e. The fraction of sp³-hybridized carbons (Fsp3) is 0.294. The Balaban J connectivity index is 2.00. The third-order valence-electron chi connectivity index (χ3n) is 4.19. The van der Waals surface area contributed by atoms with Gasteiger partial charge in [-0.2, -0.15) is 5.53 Å². The molecule has 0 radical (unpaired) electrons. The molecule has 1 saturated heterocycles. The summed E-state index contributed by atoms with van der Waals surface area (Å²) in [6.45, 7) is 1.87. The summed E-state index contributed by atoms with van der Waals surface area (Å²) in [7, 11) is -3.62. The van der Waals surface area contributed by atoms with E-state index in [0.29, 0.717) is 10.6 Å². The number of benzene rings is 2. The minimum Gasteiger partial charge on any atom is -0.371 e. The van der Waals surface area contributed by atoms with Gasteiger partial charge in [0.05, 0.1) is 5.75 Å². The molecule has 7 heteroatoms. The minimum absolute atomic E-state index is 0.148. The molecule has 1 aliphatic heterocycles. The van der Waals surface area contributed by atoms with Gasteiger partial charge >= 0.3 is 0 Å². The van der Waals surface area contributed by atoms with Crippen LogP contribution in [-0.4, -0.2) is 21.5 Å². The first-order valence-electron chi connectivity index (χ1n) is 7.77. The molecule has 2 aromatic carbocycles. The van der Waals surface area contributed by atoms with Crippen LogP contribution in [0.25, 0.3) is 0 Å². The van der Waals surface area contributed by atoms with Crippen LogP contribution in [0.15, 0.2) is 52.5 Å². The van der Waals surface area contributed by atoms with Gasteiger partial charge in [-0.15, -0.1) is 0 Å². The molecule has 1 fully saturated rings. The van der Waals surface area contributed by atoms with Crippen LogP contribution in [0.5, 0.6) is 0 Å². The van der Waals surface area contributed by atoms with Gasteiger partial charge in [-0.05, 0) is 47.8 Å². The van der Waals surface area contributed by atoms with Gasteiger partial charge in [-0.25, -0.2) is 8.42 Å². The van der Waals surface area contributed by atoms with Gasteiger partial charge in [0, 0.05) is 23.8 Å². The molecule has 0 aliphatic carbocycles. The molecule has 0 unspecified atom stereocenters. The lowest BCUT2D eigenvalue weighted by Crippen LogP contribution is -2.23. The third-order valence-corrected chi connectivity index (χ3v) is 6.25. The van der Waals surface area contributed by atoms with Crippen molar-refractivity contribution in [1.29, 1.82) is 0 Å². The molecule has 5 nitrogen and oxygen atoms in total. The Morgan fingerprint density at radius 2 is 1.83 bits per heavy atom. The minimum atomic E-state index is -3.62. The van der Waals surface area contributed by atoms with Crippen LogP contribution in [-0.2, 0) is 15.6 Å². The van der Waals surface area contributed by atoms with E-state index >= 15 is 0 Å².